The van der Waals surface area contributed by atoms with Crippen molar-refractivity contribution in [2.75, 3.05) is 20.1 Å². The summed E-state index contributed by atoms with van der Waals surface area (Å²) in [6, 6.07) is 3.48. The molecule has 1 atom stereocenters. The van der Waals surface area contributed by atoms with Crippen molar-refractivity contribution in [2.45, 2.75) is 19.0 Å². The maximum Gasteiger partial charge on any atom is 0.320 e. The molecule has 1 heterocycles. The van der Waals surface area contributed by atoms with Crippen LogP contribution in [0.3, 0.4) is 0 Å². The molecule has 0 aromatic heterocycles. The van der Waals surface area contributed by atoms with Crippen molar-refractivity contribution in [1.82, 2.24) is 15.1 Å². The zero-order valence-corrected chi connectivity index (χ0v) is 13.7. The van der Waals surface area contributed by atoms with Crippen molar-refractivity contribution in [3.63, 3.8) is 0 Å². The van der Waals surface area contributed by atoms with Gasteiger partial charge in [0.1, 0.15) is 6.04 Å². The summed E-state index contributed by atoms with van der Waals surface area (Å²) in [6.07, 6.45) is -2.64. The molecule has 9 heteroatoms. The second-order valence-corrected chi connectivity index (χ2v) is 6.00. The van der Waals surface area contributed by atoms with Crippen LogP contribution in [0.25, 0.3) is 0 Å². The Hall–Kier alpha value is -1.60. The van der Waals surface area contributed by atoms with Gasteiger partial charge in [-0.05, 0) is 17.7 Å². The van der Waals surface area contributed by atoms with Crippen LogP contribution in [-0.4, -0.2) is 54.3 Å². The number of alkyl halides is 2. The highest BCUT2D eigenvalue weighted by atomic mass is 35.5. The number of amides is 3. The summed E-state index contributed by atoms with van der Waals surface area (Å²) in [7, 11) is 1.41. The monoisotopic (exact) mass is 365 g/mol. The van der Waals surface area contributed by atoms with E-state index in [-0.39, 0.29) is 13.1 Å². The van der Waals surface area contributed by atoms with Crippen LogP contribution in [0.5, 0.6) is 0 Å². The Bertz CT molecular complexity index is 616. The van der Waals surface area contributed by atoms with Gasteiger partial charge in [0.25, 0.3) is 6.43 Å². The molecule has 0 aliphatic carbocycles. The van der Waals surface area contributed by atoms with E-state index in [4.69, 9.17) is 23.2 Å². The van der Waals surface area contributed by atoms with Crippen molar-refractivity contribution >= 4 is 35.1 Å². The molecule has 126 valence electrons. The van der Waals surface area contributed by atoms with Gasteiger partial charge in [0.15, 0.2) is 0 Å². The number of carbonyl (C=O) groups excluding carboxylic acids is 2. The van der Waals surface area contributed by atoms with Crippen LogP contribution in [0.2, 0.25) is 10.0 Å². The Morgan fingerprint density at radius 3 is 2.74 bits per heavy atom. The number of nitrogens with one attached hydrogen (secondary N) is 1. The summed E-state index contributed by atoms with van der Waals surface area (Å²) < 4.78 is 24.8. The normalized spacial score (nSPS) is 18.0. The Labute approximate surface area is 142 Å². The molecule has 1 fully saturated rings. The molecule has 0 radical (unpaired) electrons. The van der Waals surface area contributed by atoms with Crippen LogP contribution < -0.4 is 5.32 Å². The average molecular weight is 366 g/mol. The molecule has 3 amide bonds. The van der Waals surface area contributed by atoms with Gasteiger partial charge in [-0.3, -0.25) is 4.79 Å². The van der Waals surface area contributed by atoms with Crippen LogP contribution in [0.15, 0.2) is 18.2 Å². The minimum atomic E-state index is -2.64. The van der Waals surface area contributed by atoms with Crippen molar-refractivity contribution < 1.29 is 18.4 Å². The minimum Gasteiger partial charge on any atom is -0.350 e. The van der Waals surface area contributed by atoms with Crippen molar-refractivity contribution in [3.05, 3.63) is 33.8 Å². The Kier molecular flexibility index (Phi) is 5.64. The molecule has 1 N–H and O–H groups in total. The first kappa shape index (κ1) is 17.7. The third-order valence-electron chi connectivity index (χ3n) is 3.56. The number of rotatable bonds is 5. The number of urea groups is 1. The largest absolute Gasteiger partial charge is 0.350 e. The number of hydrogen-bond donors (Lipinski definition) is 1. The van der Waals surface area contributed by atoms with E-state index >= 15 is 0 Å². The van der Waals surface area contributed by atoms with Crippen LogP contribution >= 0.6 is 23.2 Å². The second kappa shape index (κ2) is 7.31. The summed E-state index contributed by atoms with van der Waals surface area (Å²) in [5.41, 5.74) is 0.667. The van der Waals surface area contributed by atoms with Gasteiger partial charge in [-0.2, -0.15) is 0 Å². The van der Waals surface area contributed by atoms with E-state index in [1.54, 1.807) is 18.2 Å². The van der Waals surface area contributed by atoms with Crippen LogP contribution in [0, 0.1) is 0 Å². The van der Waals surface area contributed by atoms with Gasteiger partial charge in [0, 0.05) is 23.6 Å². The van der Waals surface area contributed by atoms with Gasteiger partial charge in [0.2, 0.25) is 5.91 Å². The van der Waals surface area contributed by atoms with E-state index in [2.05, 4.69) is 5.32 Å². The van der Waals surface area contributed by atoms with Crippen molar-refractivity contribution in [2.24, 2.45) is 0 Å². The third-order valence-corrected chi connectivity index (χ3v) is 4.15. The van der Waals surface area contributed by atoms with Gasteiger partial charge < -0.3 is 15.1 Å². The van der Waals surface area contributed by atoms with E-state index in [9.17, 15) is 18.4 Å². The zero-order valence-electron chi connectivity index (χ0n) is 12.2. The highest BCUT2D eigenvalue weighted by Gasteiger charge is 2.39. The smallest absolute Gasteiger partial charge is 0.320 e. The molecule has 2 rings (SSSR count). The van der Waals surface area contributed by atoms with Crippen LogP contribution in [0.4, 0.5) is 13.6 Å². The maximum atomic E-state index is 12.4. The molecule has 0 spiro atoms. The summed E-state index contributed by atoms with van der Waals surface area (Å²) in [4.78, 5) is 26.1. The molecule has 1 aromatic rings. The summed E-state index contributed by atoms with van der Waals surface area (Å²) in [6.45, 7) is -0.599. The molecule has 5 nitrogen and oxygen atoms in total. The van der Waals surface area contributed by atoms with Crippen molar-refractivity contribution in [3.8, 4) is 0 Å². The summed E-state index contributed by atoms with van der Waals surface area (Å²) >= 11 is 11.8. The average Bonchev–Trinajstić information content (AvgIpc) is 2.74. The van der Waals surface area contributed by atoms with Crippen LogP contribution in [0.1, 0.15) is 5.56 Å². The minimum absolute atomic E-state index is 0.0696. The van der Waals surface area contributed by atoms with E-state index in [0.717, 1.165) is 9.80 Å². The fourth-order valence-corrected chi connectivity index (χ4v) is 2.78. The van der Waals surface area contributed by atoms with Crippen LogP contribution in [-0.2, 0) is 11.3 Å². The molecule has 1 saturated heterocycles. The molecule has 23 heavy (non-hydrogen) atoms. The number of likely N-dealkylation sites (N-methyl/N-ethyl adjacent to an activating group) is 1. The van der Waals surface area contributed by atoms with E-state index in [1.807, 2.05) is 0 Å². The predicted molar refractivity (Wildman–Crippen MR) is 82.8 cm³/mol. The van der Waals surface area contributed by atoms with E-state index in [1.165, 1.54) is 7.05 Å². The highest BCUT2D eigenvalue weighted by molar-refractivity contribution is 6.35. The van der Waals surface area contributed by atoms with Crippen molar-refractivity contribution in [1.29, 1.82) is 0 Å². The number of hydrogen-bond acceptors (Lipinski definition) is 2. The molecule has 0 unspecified atom stereocenters. The number of carbonyl (C=O) groups is 2. The first-order chi connectivity index (χ1) is 10.8. The first-order valence-electron chi connectivity index (χ1n) is 6.81. The second-order valence-electron chi connectivity index (χ2n) is 5.16. The van der Waals surface area contributed by atoms with Gasteiger partial charge in [-0.15, -0.1) is 0 Å². The topological polar surface area (TPSA) is 52.7 Å². The lowest BCUT2D eigenvalue weighted by Gasteiger charge is -2.17. The number of nitrogens with zero attached hydrogens (tertiary/aromatic N) is 2. The molecule has 1 aliphatic heterocycles. The SMILES string of the molecule is CN1C(=O)N(CC(F)F)C[C@H]1C(=O)NCc1ccc(Cl)cc1Cl. The fraction of sp³-hybridized carbons (Fsp3) is 0.429. The fourth-order valence-electron chi connectivity index (χ4n) is 2.31. The predicted octanol–water partition coefficient (Wildman–Crippen LogP) is 2.61. The summed E-state index contributed by atoms with van der Waals surface area (Å²) in [5.74, 6) is -0.427. The standard InChI is InChI=1S/C14H15Cl2F2N3O2/c1-20-11(6-21(14(20)23)7-12(17)18)13(22)19-5-8-2-3-9(15)4-10(8)16/h2-4,11-12H,5-7H2,1H3,(H,19,22)/t11-/m0/s1. The quantitative estimate of drug-likeness (QED) is 0.871. The third kappa shape index (κ3) is 4.23. The lowest BCUT2D eigenvalue weighted by molar-refractivity contribution is -0.124. The van der Waals surface area contributed by atoms with E-state index < -0.39 is 31.0 Å². The molecule has 0 bridgehead atoms. The van der Waals surface area contributed by atoms with Gasteiger partial charge in [-0.1, -0.05) is 29.3 Å². The van der Waals surface area contributed by atoms with Gasteiger partial charge in [-0.25, -0.2) is 13.6 Å². The lowest BCUT2D eigenvalue weighted by Crippen LogP contribution is -2.43. The Morgan fingerprint density at radius 1 is 1.43 bits per heavy atom. The summed E-state index contributed by atoms with van der Waals surface area (Å²) in [5, 5.41) is 3.54. The maximum absolute atomic E-state index is 12.4. The molecular weight excluding hydrogens is 351 g/mol. The first-order valence-corrected chi connectivity index (χ1v) is 7.56. The van der Waals surface area contributed by atoms with Gasteiger partial charge in [0.05, 0.1) is 13.1 Å². The zero-order chi connectivity index (χ0) is 17.1. The molecule has 0 saturated carbocycles. The molecular formula is C14H15Cl2F2N3O2. The molecule has 1 aliphatic rings. The Morgan fingerprint density at radius 2 is 2.13 bits per heavy atom. The number of benzene rings is 1. The Balaban J connectivity index is 1.96. The van der Waals surface area contributed by atoms with E-state index in [0.29, 0.717) is 15.6 Å². The highest BCUT2D eigenvalue weighted by Crippen LogP contribution is 2.21. The van der Waals surface area contributed by atoms with Gasteiger partial charge >= 0.3 is 6.03 Å². The molecule has 1 aromatic carbocycles. The number of halogens is 4. The lowest BCUT2D eigenvalue weighted by atomic mass is 10.2.